The number of nitrogens with one attached hydrogen (secondary N) is 1. The number of anilines is 1. The molecule has 1 aromatic carbocycles. The van der Waals surface area contributed by atoms with Crippen LogP contribution in [0.15, 0.2) is 29.4 Å². The van der Waals surface area contributed by atoms with Gasteiger partial charge in [0.1, 0.15) is 0 Å². The first kappa shape index (κ1) is 15.3. The third-order valence-electron chi connectivity index (χ3n) is 2.92. The molecule has 0 saturated heterocycles. The van der Waals surface area contributed by atoms with Crippen molar-refractivity contribution in [2.75, 3.05) is 5.73 Å². The number of amides is 1. The van der Waals surface area contributed by atoms with Crippen molar-refractivity contribution in [1.82, 2.24) is 20.2 Å². The molecule has 0 radical (unpaired) electrons. The Kier molecular flexibility index (Phi) is 4.81. The monoisotopic (exact) mass is 306 g/mol. The molecule has 0 aliphatic heterocycles. The second-order valence-electron chi connectivity index (χ2n) is 4.76. The predicted octanol–water partition coefficient (Wildman–Crippen LogP) is 1.34. The Morgan fingerprint density at radius 1 is 1.33 bits per heavy atom. The highest BCUT2D eigenvalue weighted by atomic mass is 32.2. The molecule has 0 spiro atoms. The van der Waals surface area contributed by atoms with Crippen molar-refractivity contribution in [1.29, 1.82) is 0 Å². The van der Waals surface area contributed by atoms with E-state index in [1.807, 2.05) is 30.5 Å². The Labute approximate surface area is 127 Å². The van der Waals surface area contributed by atoms with E-state index in [4.69, 9.17) is 11.6 Å². The van der Waals surface area contributed by atoms with Gasteiger partial charge in [0.15, 0.2) is 5.16 Å². The number of nitrogens with two attached hydrogens (primary N) is 2. The average Bonchev–Trinajstić information content (AvgIpc) is 2.86. The molecule has 0 saturated carbocycles. The number of hydrazine groups is 1. The minimum absolute atomic E-state index is 0.207. The number of carbonyl (C=O) groups is 1. The van der Waals surface area contributed by atoms with Crippen LogP contribution >= 0.6 is 11.8 Å². The number of nitrogen functional groups attached to an aromatic ring is 2. The summed E-state index contributed by atoms with van der Waals surface area (Å²) >= 11 is 1.55. The molecule has 0 bridgehead atoms. The Balaban J connectivity index is 2.05. The van der Waals surface area contributed by atoms with Crippen LogP contribution in [0.5, 0.6) is 0 Å². The van der Waals surface area contributed by atoms with Crippen molar-refractivity contribution in [3.63, 3.8) is 0 Å². The summed E-state index contributed by atoms with van der Waals surface area (Å²) in [6.07, 6.45) is 0. The smallest absolute Gasteiger partial charge is 0.265 e. The number of benzene rings is 1. The van der Waals surface area contributed by atoms with Gasteiger partial charge in [-0.1, -0.05) is 23.9 Å². The summed E-state index contributed by atoms with van der Waals surface area (Å²) in [6.45, 7) is 4.06. The predicted molar refractivity (Wildman–Crippen MR) is 82.5 cm³/mol. The molecule has 2 rings (SSSR count). The van der Waals surface area contributed by atoms with Gasteiger partial charge in [-0.25, -0.2) is 5.84 Å². The highest BCUT2D eigenvalue weighted by Crippen LogP contribution is 2.25. The van der Waals surface area contributed by atoms with E-state index in [0.717, 1.165) is 16.5 Å². The molecule has 7 nitrogen and oxygen atoms in total. The third kappa shape index (κ3) is 3.53. The van der Waals surface area contributed by atoms with Crippen molar-refractivity contribution in [2.24, 2.45) is 5.84 Å². The highest BCUT2D eigenvalue weighted by Gasteiger charge is 2.13. The molecule has 0 aliphatic carbocycles. The van der Waals surface area contributed by atoms with E-state index < -0.39 is 0 Å². The van der Waals surface area contributed by atoms with Crippen molar-refractivity contribution in [3.05, 3.63) is 35.4 Å². The first-order valence-corrected chi connectivity index (χ1v) is 7.44. The van der Waals surface area contributed by atoms with E-state index in [1.165, 1.54) is 0 Å². The largest absolute Gasteiger partial charge is 0.368 e. The maximum atomic E-state index is 11.3. The van der Waals surface area contributed by atoms with Crippen LogP contribution in [0, 0.1) is 0 Å². The zero-order chi connectivity index (χ0) is 15.4. The zero-order valence-corrected chi connectivity index (χ0v) is 12.7. The lowest BCUT2D eigenvalue weighted by Crippen LogP contribution is -2.29. The van der Waals surface area contributed by atoms with Gasteiger partial charge in [0, 0.05) is 17.4 Å². The summed E-state index contributed by atoms with van der Waals surface area (Å²) in [5.41, 5.74) is 9.50. The number of aromatic nitrogens is 3. The van der Waals surface area contributed by atoms with E-state index in [0.29, 0.717) is 11.5 Å². The molecule has 8 heteroatoms. The second kappa shape index (κ2) is 6.59. The Morgan fingerprint density at radius 3 is 2.57 bits per heavy atom. The first-order valence-electron chi connectivity index (χ1n) is 6.46. The van der Waals surface area contributed by atoms with Crippen LogP contribution < -0.4 is 17.0 Å². The molecule has 0 aliphatic rings. The van der Waals surface area contributed by atoms with Gasteiger partial charge in [0.25, 0.3) is 5.91 Å². The lowest BCUT2D eigenvalue weighted by molar-refractivity contribution is 0.0953. The van der Waals surface area contributed by atoms with Crippen LogP contribution in [0.3, 0.4) is 0 Å². The average molecular weight is 306 g/mol. The summed E-state index contributed by atoms with van der Waals surface area (Å²) in [5, 5.41) is 8.77. The topological polar surface area (TPSA) is 112 Å². The molecular formula is C13H18N6OS. The minimum atomic E-state index is -0.304. The summed E-state index contributed by atoms with van der Waals surface area (Å²) in [5.74, 6) is 5.92. The third-order valence-corrected chi connectivity index (χ3v) is 3.94. The SMILES string of the molecule is CC(C)n1c(N)nnc1SCc1ccc(C(=O)NN)cc1. The fourth-order valence-corrected chi connectivity index (χ4v) is 2.89. The summed E-state index contributed by atoms with van der Waals surface area (Å²) in [7, 11) is 0. The molecule has 5 N–H and O–H groups in total. The van der Waals surface area contributed by atoms with E-state index in [-0.39, 0.29) is 11.9 Å². The Bertz CT molecular complexity index is 622. The van der Waals surface area contributed by atoms with Crippen LogP contribution in [0.1, 0.15) is 35.8 Å². The molecule has 112 valence electrons. The van der Waals surface area contributed by atoms with Crippen molar-refractivity contribution < 1.29 is 4.79 Å². The van der Waals surface area contributed by atoms with Crippen molar-refractivity contribution in [2.45, 2.75) is 30.8 Å². The second-order valence-corrected chi connectivity index (χ2v) is 5.71. The number of carbonyl (C=O) groups excluding carboxylic acids is 1. The summed E-state index contributed by atoms with van der Waals surface area (Å²) in [4.78, 5) is 11.3. The van der Waals surface area contributed by atoms with E-state index in [2.05, 4.69) is 15.6 Å². The molecule has 0 unspecified atom stereocenters. The lowest BCUT2D eigenvalue weighted by atomic mass is 10.1. The van der Waals surface area contributed by atoms with Crippen LogP contribution in [0.25, 0.3) is 0 Å². The van der Waals surface area contributed by atoms with Crippen LogP contribution in [0.4, 0.5) is 5.95 Å². The zero-order valence-electron chi connectivity index (χ0n) is 11.9. The van der Waals surface area contributed by atoms with Crippen LogP contribution in [-0.4, -0.2) is 20.7 Å². The molecule has 2 aromatic rings. The lowest BCUT2D eigenvalue weighted by Gasteiger charge is -2.11. The quantitative estimate of drug-likeness (QED) is 0.332. The first-order chi connectivity index (χ1) is 10.0. The molecule has 1 aromatic heterocycles. The van der Waals surface area contributed by atoms with Crippen molar-refractivity contribution >= 4 is 23.6 Å². The van der Waals surface area contributed by atoms with Crippen LogP contribution in [0.2, 0.25) is 0 Å². The molecule has 0 fully saturated rings. The fraction of sp³-hybridized carbons (Fsp3) is 0.308. The molecule has 0 atom stereocenters. The summed E-state index contributed by atoms with van der Waals surface area (Å²) in [6, 6.07) is 7.45. The van der Waals surface area contributed by atoms with Crippen molar-refractivity contribution in [3.8, 4) is 0 Å². The summed E-state index contributed by atoms with van der Waals surface area (Å²) < 4.78 is 1.89. The molecule has 21 heavy (non-hydrogen) atoms. The standard InChI is InChI=1S/C13H18N6OS/c1-8(2)19-12(14)17-18-13(19)21-7-9-3-5-10(6-4-9)11(20)16-15/h3-6,8H,7,15H2,1-2H3,(H2,14,17)(H,16,20). The van der Waals surface area contributed by atoms with Gasteiger partial charge in [0.2, 0.25) is 5.95 Å². The number of hydrogen-bond donors (Lipinski definition) is 3. The van der Waals surface area contributed by atoms with E-state index in [9.17, 15) is 4.79 Å². The van der Waals surface area contributed by atoms with Gasteiger partial charge >= 0.3 is 0 Å². The maximum absolute atomic E-state index is 11.3. The van der Waals surface area contributed by atoms with Gasteiger partial charge in [-0.15, -0.1) is 10.2 Å². The molecule has 1 amide bonds. The number of thioether (sulfide) groups is 1. The number of hydrogen-bond acceptors (Lipinski definition) is 6. The van der Waals surface area contributed by atoms with Gasteiger partial charge < -0.3 is 5.73 Å². The van der Waals surface area contributed by atoms with E-state index >= 15 is 0 Å². The van der Waals surface area contributed by atoms with Gasteiger partial charge in [-0.2, -0.15) is 0 Å². The van der Waals surface area contributed by atoms with Gasteiger partial charge in [-0.3, -0.25) is 14.8 Å². The Hall–Kier alpha value is -2.06. The highest BCUT2D eigenvalue weighted by molar-refractivity contribution is 7.98. The minimum Gasteiger partial charge on any atom is -0.368 e. The van der Waals surface area contributed by atoms with Gasteiger partial charge in [0.05, 0.1) is 0 Å². The molecular weight excluding hydrogens is 288 g/mol. The van der Waals surface area contributed by atoms with Gasteiger partial charge in [-0.05, 0) is 31.5 Å². The molecule has 1 heterocycles. The normalized spacial score (nSPS) is 10.9. The Morgan fingerprint density at radius 2 is 2.00 bits per heavy atom. The number of nitrogens with zero attached hydrogens (tertiary/aromatic N) is 3. The van der Waals surface area contributed by atoms with Crippen LogP contribution in [-0.2, 0) is 5.75 Å². The maximum Gasteiger partial charge on any atom is 0.265 e. The fourth-order valence-electron chi connectivity index (χ4n) is 1.86. The number of rotatable bonds is 5. The van der Waals surface area contributed by atoms with E-state index in [1.54, 1.807) is 23.9 Å².